The first kappa shape index (κ1) is 19.0. The summed E-state index contributed by atoms with van der Waals surface area (Å²) >= 11 is 0. The molecule has 0 N–H and O–H groups in total. The van der Waals surface area contributed by atoms with E-state index in [9.17, 15) is 0 Å². The molecule has 0 fully saturated rings. The molecule has 4 aromatic rings. The molecule has 3 nitrogen and oxygen atoms in total. The Hall–Kier alpha value is -1.82. The summed E-state index contributed by atoms with van der Waals surface area (Å²) in [5, 5.41) is 2.39. The number of para-hydroxylation sites is 1. The fourth-order valence-corrected chi connectivity index (χ4v) is 3.65. The first-order valence-corrected chi connectivity index (χ1v) is 9.17. The maximum atomic E-state index is 5.95. The number of imidazole rings is 1. The highest BCUT2D eigenvalue weighted by molar-refractivity contribution is 6.05. The summed E-state index contributed by atoms with van der Waals surface area (Å²) in [5.41, 5.74) is 3.22. The Balaban J connectivity index is 0.00000196. The van der Waals surface area contributed by atoms with Gasteiger partial charge in [0.2, 0.25) is 0 Å². The molecule has 0 bridgehead atoms. The molecule has 0 aliphatic heterocycles. The second kappa shape index (κ2) is 7.82. The van der Waals surface area contributed by atoms with Crippen molar-refractivity contribution in [3.63, 3.8) is 0 Å². The number of nitrogens with zero attached hydrogens (tertiary/aromatic N) is 2. The Morgan fingerprint density at radius 2 is 1.85 bits per heavy atom. The molecule has 0 saturated carbocycles. The van der Waals surface area contributed by atoms with Gasteiger partial charge in [-0.25, -0.2) is 9.13 Å². The van der Waals surface area contributed by atoms with Gasteiger partial charge in [-0.2, -0.15) is 0 Å². The molecule has 0 radical (unpaired) electrons. The third-order valence-electron chi connectivity index (χ3n) is 5.25. The van der Waals surface area contributed by atoms with Gasteiger partial charge in [-0.3, -0.25) is 0 Å². The minimum absolute atomic E-state index is 0. The van der Waals surface area contributed by atoms with E-state index in [1.54, 1.807) is 0 Å². The van der Waals surface area contributed by atoms with Gasteiger partial charge in [0.1, 0.15) is 29.6 Å². The monoisotopic (exact) mass is 460 g/mol. The van der Waals surface area contributed by atoms with Crippen LogP contribution in [0.2, 0.25) is 0 Å². The van der Waals surface area contributed by atoms with Crippen molar-refractivity contribution in [1.29, 1.82) is 0 Å². The van der Waals surface area contributed by atoms with Gasteiger partial charge in [0.15, 0.2) is 0 Å². The number of unbranched alkanes of at least 4 members (excludes halogenated alkanes) is 1. The molecule has 2 heterocycles. The van der Waals surface area contributed by atoms with Gasteiger partial charge in [0.05, 0.1) is 6.54 Å². The van der Waals surface area contributed by atoms with E-state index in [1.807, 2.05) is 12.1 Å². The molecular formula is C22H25IN2O. The van der Waals surface area contributed by atoms with Crippen LogP contribution in [-0.4, -0.2) is 4.57 Å². The van der Waals surface area contributed by atoms with Gasteiger partial charge >= 0.3 is 0 Å². The van der Waals surface area contributed by atoms with E-state index in [-0.39, 0.29) is 24.0 Å². The minimum atomic E-state index is 0. The van der Waals surface area contributed by atoms with Crippen LogP contribution in [0.1, 0.15) is 44.1 Å². The Bertz CT molecular complexity index is 1030. The number of aryl methyl sites for hydroxylation is 1. The zero-order valence-corrected chi connectivity index (χ0v) is 17.7. The normalized spacial score (nSPS) is 12.4. The zero-order valence-electron chi connectivity index (χ0n) is 15.6. The summed E-state index contributed by atoms with van der Waals surface area (Å²) in [6.07, 6.45) is 6.84. The third-order valence-corrected chi connectivity index (χ3v) is 5.25. The Morgan fingerprint density at radius 1 is 1.08 bits per heavy atom. The van der Waals surface area contributed by atoms with Gasteiger partial charge in [-0.1, -0.05) is 37.6 Å². The summed E-state index contributed by atoms with van der Waals surface area (Å²) in [4.78, 5) is 0. The molecule has 0 saturated heterocycles. The largest absolute Gasteiger partial charge is 1.00 e. The van der Waals surface area contributed by atoms with Crippen LogP contribution in [0.25, 0.3) is 21.9 Å². The summed E-state index contributed by atoms with van der Waals surface area (Å²) in [6, 6.07) is 15.1. The van der Waals surface area contributed by atoms with Gasteiger partial charge in [-0.05, 0) is 37.1 Å². The highest BCUT2D eigenvalue weighted by Gasteiger charge is 2.20. The zero-order chi connectivity index (χ0) is 17.4. The molecule has 136 valence electrons. The number of hydrogen-bond donors (Lipinski definition) is 0. The van der Waals surface area contributed by atoms with Gasteiger partial charge in [-0.15, -0.1) is 0 Å². The van der Waals surface area contributed by atoms with Crippen molar-refractivity contribution in [2.45, 2.75) is 46.2 Å². The number of furan rings is 1. The average Bonchev–Trinajstić information content (AvgIpc) is 3.19. The molecule has 4 heteroatoms. The number of hydrogen-bond acceptors (Lipinski definition) is 1. The van der Waals surface area contributed by atoms with Crippen molar-refractivity contribution in [3.8, 4) is 0 Å². The highest BCUT2D eigenvalue weighted by Crippen LogP contribution is 2.31. The van der Waals surface area contributed by atoms with E-state index in [1.165, 1.54) is 35.0 Å². The van der Waals surface area contributed by atoms with E-state index in [0.717, 1.165) is 17.7 Å². The fourth-order valence-electron chi connectivity index (χ4n) is 3.65. The van der Waals surface area contributed by atoms with Crippen LogP contribution < -0.4 is 28.5 Å². The minimum Gasteiger partial charge on any atom is -1.00 e. The Morgan fingerprint density at radius 3 is 2.65 bits per heavy atom. The molecule has 1 atom stereocenters. The Labute approximate surface area is 171 Å². The lowest BCUT2D eigenvalue weighted by molar-refractivity contribution is -0.702. The van der Waals surface area contributed by atoms with Gasteiger partial charge in [0.25, 0.3) is 5.82 Å². The number of benzene rings is 2. The second-order valence-electron chi connectivity index (χ2n) is 6.83. The van der Waals surface area contributed by atoms with Crippen LogP contribution in [0, 0.1) is 6.92 Å². The topological polar surface area (TPSA) is 21.9 Å². The van der Waals surface area contributed by atoms with Crippen LogP contribution in [0.15, 0.2) is 59.3 Å². The van der Waals surface area contributed by atoms with Crippen LogP contribution in [-0.2, 0) is 6.54 Å². The van der Waals surface area contributed by atoms with E-state index < -0.39 is 0 Å². The summed E-state index contributed by atoms with van der Waals surface area (Å²) < 4.78 is 10.7. The maximum Gasteiger partial charge on any atom is 0.253 e. The molecule has 0 aliphatic rings. The van der Waals surface area contributed by atoms with E-state index in [4.69, 9.17) is 4.42 Å². The summed E-state index contributed by atoms with van der Waals surface area (Å²) in [7, 11) is 0. The fraction of sp³-hybridized carbons (Fsp3) is 0.318. The van der Waals surface area contributed by atoms with E-state index in [2.05, 4.69) is 72.6 Å². The van der Waals surface area contributed by atoms with Crippen molar-refractivity contribution in [1.82, 2.24) is 4.57 Å². The third kappa shape index (κ3) is 3.27. The second-order valence-corrected chi connectivity index (χ2v) is 6.83. The standard InChI is InChI=1S/C22H25N2O.HI/c1-4-5-12-23-13-14-24(17(23)3)16(2)18-10-11-22-20(15-18)19-8-6-7-9-21(19)25-22;/h6-11,13-16H,4-5,12H2,1-3H3;1H/q+1;/p-1. The van der Waals surface area contributed by atoms with E-state index >= 15 is 0 Å². The lowest BCUT2D eigenvalue weighted by Gasteiger charge is -2.11. The Kier molecular flexibility index (Phi) is 5.70. The van der Waals surface area contributed by atoms with Crippen molar-refractivity contribution in [2.24, 2.45) is 0 Å². The molecule has 26 heavy (non-hydrogen) atoms. The summed E-state index contributed by atoms with van der Waals surface area (Å²) in [5.74, 6) is 1.30. The highest BCUT2D eigenvalue weighted by atomic mass is 127. The molecule has 0 aliphatic carbocycles. The lowest BCUT2D eigenvalue weighted by atomic mass is 10.0. The van der Waals surface area contributed by atoms with Crippen LogP contribution in [0.5, 0.6) is 0 Å². The van der Waals surface area contributed by atoms with Crippen LogP contribution in [0.3, 0.4) is 0 Å². The van der Waals surface area contributed by atoms with Crippen LogP contribution >= 0.6 is 0 Å². The predicted molar refractivity (Wildman–Crippen MR) is 102 cm³/mol. The molecule has 1 unspecified atom stereocenters. The average molecular weight is 460 g/mol. The number of halogens is 1. The smallest absolute Gasteiger partial charge is 0.253 e. The number of fused-ring (bicyclic) bond motifs is 3. The van der Waals surface area contributed by atoms with Gasteiger partial charge < -0.3 is 28.4 Å². The first-order chi connectivity index (χ1) is 12.2. The molecular weight excluding hydrogens is 435 g/mol. The van der Waals surface area contributed by atoms with Crippen molar-refractivity contribution < 1.29 is 33.0 Å². The molecule has 4 rings (SSSR count). The molecule has 2 aromatic carbocycles. The van der Waals surface area contributed by atoms with Crippen molar-refractivity contribution in [3.05, 3.63) is 66.2 Å². The SMILES string of the molecule is CCCC[n+]1ccn(C(C)c2ccc3oc4ccccc4c3c2)c1C.[I-]. The summed E-state index contributed by atoms with van der Waals surface area (Å²) in [6.45, 7) is 7.80. The van der Waals surface area contributed by atoms with Gasteiger partial charge in [0, 0.05) is 17.7 Å². The quantitative estimate of drug-likeness (QED) is 0.331. The molecule has 0 spiro atoms. The predicted octanol–water partition coefficient (Wildman–Crippen LogP) is 2.40. The maximum absolute atomic E-state index is 5.95. The van der Waals surface area contributed by atoms with Crippen molar-refractivity contribution in [2.75, 3.05) is 0 Å². The number of rotatable bonds is 5. The lowest BCUT2D eigenvalue weighted by Crippen LogP contribution is -3.00. The number of aromatic nitrogens is 2. The molecule has 2 aromatic heterocycles. The van der Waals surface area contributed by atoms with Crippen LogP contribution in [0.4, 0.5) is 0 Å². The van der Waals surface area contributed by atoms with Crippen molar-refractivity contribution >= 4 is 21.9 Å². The first-order valence-electron chi connectivity index (χ1n) is 9.17. The molecule has 0 amide bonds. The van der Waals surface area contributed by atoms with E-state index in [0.29, 0.717) is 6.04 Å².